The molecule has 1 heterocycles. The van der Waals surface area contributed by atoms with Crippen molar-refractivity contribution in [1.82, 2.24) is 0 Å². The maximum Gasteiger partial charge on any atom is 0.123 e. The van der Waals surface area contributed by atoms with E-state index in [1.54, 1.807) is 13.2 Å². The van der Waals surface area contributed by atoms with Crippen molar-refractivity contribution < 1.29 is 13.7 Å². The Morgan fingerprint density at radius 2 is 2.39 bits per heavy atom. The molecule has 1 aliphatic heterocycles. The van der Waals surface area contributed by atoms with E-state index < -0.39 is 10.8 Å². The third-order valence-corrected chi connectivity index (χ3v) is 4.39. The van der Waals surface area contributed by atoms with Crippen LogP contribution in [-0.4, -0.2) is 29.8 Å². The van der Waals surface area contributed by atoms with E-state index in [-0.39, 0.29) is 6.10 Å². The minimum absolute atomic E-state index is 0.151. The summed E-state index contributed by atoms with van der Waals surface area (Å²) in [6.45, 7) is 0.795. The van der Waals surface area contributed by atoms with Crippen molar-refractivity contribution in [3.05, 3.63) is 23.8 Å². The maximum atomic E-state index is 12.1. The van der Waals surface area contributed by atoms with Crippen LogP contribution in [0.1, 0.15) is 18.4 Å². The molecule has 0 bridgehead atoms. The van der Waals surface area contributed by atoms with Crippen LogP contribution in [0.2, 0.25) is 0 Å². The van der Waals surface area contributed by atoms with Gasteiger partial charge in [-0.3, -0.25) is 4.21 Å². The SMILES string of the molecule is COc1ccc(N)cc1CS(=O)CC1CCCO1. The minimum atomic E-state index is -0.942. The van der Waals surface area contributed by atoms with Gasteiger partial charge < -0.3 is 15.2 Å². The van der Waals surface area contributed by atoms with Crippen LogP contribution in [0.3, 0.4) is 0 Å². The van der Waals surface area contributed by atoms with Crippen LogP contribution in [0.5, 0.6) is 5.75 Å². The molecule has 2 unspecified atom stereocenters. The molecular formula is C13H19NO3S. The van der Waals surface area contributed by atoms with E-state index in [1.165, 1.54) is 0 Å². The van der Waals surface area contributed by atoms with Gasteiger partial charge in [-0.05, 0) is 31.0 Å². The fraction of sp³-hybridized carbons (Fsp3) is 0.538. The van der Waals surface area contributed by atoms with Gasteiger partial charge >= 0.3 is 0 Å². The molecule has 100 valence electrons. The third kappa shape index (κ3) is 3.46. The van der Waals surface area contributed by atoms with Gasteiger partial charge in [-0.1, -0.05) is 0 Å². The van der Waals surface area contributed by atoms with Crippen LogP contribution in [0, 0.1) is 0 Å². The predicted molar refractivity (Wildman–Crippen MR) is 73.1 cm³/mol. The van der Waals surface area contributed by atoms with Gasteiger partial charge in [-0.15, -0.1) is 0 Å². The van der Waals surface area contributed by atoms with E-state index in [4.69, 9.17) is 15.2 Å². The van der Waals surface area contributed by atoms with Crippen LogP contribution < -0.4 is 10.5 Å². The Labute approximate surface area is 110 Å². The number of hydrogen-bond donors (Lipinski definition) is 1. The average Bonchev–Trinajstić information content (AvgIpc) is 2.82. The molecule has 0 saturated carbocycles. The Kier molecular flexibility index (Phi) is 4.60. The summed E-state index contributed by atoms with van der Waals surface area (Å²) in [6, 6.07) is 5.42. The highest BCUT2D eigenvalue weighted by Gasteiger charge is 2.19. The molecule has 0 spiro atoms. The van der Waals surface area contributed by atoms with Crippen LogP contribution in [-0.2, 0) is 21.3 Å². The first-order valence-corrected chi connectivity index (χ1v) is 7.57. The first-order chi connectivity index (χ1) is 8.69. The van der Waals surface area contributed by atoms with Crippen molar-refractivity contribution in [3.8, 4) is 5.75 Å². The van der Waals surface area contributed by atoms with Gasteiger partial charge in [0.15, 0.2) is 0 Å². The second kappa shape index (κ2) is 6.20. The molecule has 2 atom stereocenters. The number of nitrogens with two attached hydrogens (primary N) is 1. The number of ether oxygens (including phenoxy) is 2. The quantitative estimate of drug-likeness (QED) is 0.827. The van der Waals surface area contributed by atoms with Gasteiger partial charge in [-0.25, -0.2) is 0 Å². The van der Waals surface area contributed by atoms with Gasteiger partial charge in [0.05, 0.1) is 24.7 Å². The van der Waals surface area contributed by atoms with Gasteiger partial charge in [0.25, 0.3) is 0 Å². The lowest BCUT2D eigenvalue weighted by Crippen LogP contribution is -2.16. The van der Waals surface area contributed by atoms with Gasteiger partial charge in [0.1, 0.15) is 5.75 Å². The van der Waals surface area contributed by atoms with E-state index in [9.17, 15) is 4.21 Å². The summed E-state index contributed by atoms with van der Waals surface area (Å²) in [5, 5.41) is 0. The van der Waals surface area contributed by atoms with Crippen LogP contribution >= 0.6 is 0 Å². The fourth-order valence-corrected chi connectivity index (χ4v) is 3.49. The van der Waals surface area contributed by atoms with Crippen molar-refractivity contribution in [3.63, 3.8) is 0 Å². The van der Waals surface area contributed by atoms with Gasteiger partial charge in [0.2, 0.25) is 0 Å². The van der Waals surface area contributed by atoms with Crippen molar-refractivity contribution in [2.45, 2.75) is 24.7 Å². The van der Waals surface area contributed by atoms with Crippen molar-refractivity contribution in [2.75, 3.05) is 25.2 Å². The highest BCUT2D eigenvalue weighted by Crippen LogP contribution is 2.23. The number of rotatable bonds is 5. The topological polar surface area (TPSA) is 61.5 Å². The van der Waals surface area contributed by atoms with Gasteiger partial charge in [0, 0.05) is 28.7 Å². The number of methoxy groups -OCH3 is 1. The van der Waals surface area contributed by atoms with Crippen molar-refractivity contribution >= 4 is 16.5 Å². The monoisotopic (exact) mass is 269 g/mol. The molecule has 0 aliphatic carbocycles. The van der Waals surface area contributed by atoms with E-state index >= 15 is 0 Å². The smallest absolute Gasteiger partial charge is 0.123 e. The largest absolute Gasteiger partial charge is 0.496 e. The average molecular weight is 269 g/mol. The van der Waals surface area contributed by atoms with Crippen LogP contribution in [0.25, 0.3) is 0 Å². The zero-order valence-electron chi connectivity index (χ0n) is 10.6. The molecule has 1 aliphatic rings. The Morgan fingerprint density at radius 3 is 3.06 bits per heavy atom. The van der Waals surface area contributed by atoms with Crippen LogP contribution in [0.15, 0.2) is 18.2 Å². The summed E-state index contributed by atoms with van der Waals surface area (Å²) in [5.74, 6) is 1.80. The van der Waals surface area contributed by atoms with Crippen molar-refractivity contribution in [2.24, 2.45) is 0 Å². The molecule has 0 aromatic heterocycles. The Hall–Kier alpha value is -1.07. The Bertz CT molecular complexity index is 430. The standard InChI is InChI=1S/C13H19NO3S/c1-16-13-5-4-11(14)7-10(13)8-18(15)9-12-3-2-6-17-12/h4-5,7,12H,2-3,6,8-9,14H2,1H3. The third-order valence-electron chi connectivity index (χ3n) is 3.02. The zero-order valence-corrected chi connectivity index (χ0v) is 11.4. The summed E-state index contributed by atoms with van der Waals surface area (Å²) < 4.78 is 22.8. The highest BCUT2D eigenvalue weighted by molar-refractivity contribution is 7.84. The summed E-state index contributed by atoms with van der Waals surface area (Å²) in [6.07, 6.45) is 2.24. The van der Waals surface area contributed by atoms with E-state index in [2.05, 4.69) is 0 Å². The fourth-order valence-electron chi connectivity index (χ4n) is 2.13. The molecule has 1 fully saturated rings. The molecular weight excluding hydrogens is 250 g/mol. The summed E-state index contributed by atoms with van der Waals surface area (Å²) in [5.41, 5.74) is 7.31. The zero-order chi connectivity index (χ0) is 13.0. The number of nitrogen functional groups attached to an aromatic ring is 1. The molecule has 4 nitrogen and oxygen atoms in total. The lowest BCUT2D eigenvalue weighted by molar-refractivity contribution is 0.128. The summed E-state index contributed by atoms with van der Waals surface area (Å²) >= 11 is 0. The Balaban J connectivity index is 1.99. The van der Waals surface area contributed by atoms with Gasteiger partial charge in [-0.2, -0.15) is 0 Å². The number of hydrogen-bond acceptors (Lipinski definition) is 4. The molecule has 18 heavy (non-hydrogen) atoms. The molecule has 1 saturated heterocycles. The lowest BCUT2D eigenvalue weighted by Gasteiger charge is -2.11. The molecule has 1 aromatic rings. The first kappa shape index (κ1) is 13.4. The summed E-state index contributed by atoms with van der Waals surface area (Å²) in [7, 11) is 0.668. The molecule has 0 radical (unpaired) electrons. The first-order valence-electron chi connectivity index (χ1n) is 6.08. The number of benzene rings is 1. The minimum Gasteiger partial charge on any atom is -0.496 e. The Morgan fingerprint density at radius 1 is 1.56 bits per heavy atom. The lowest BCUT2D eigenvalue weighted by atomic mass is 10.2. The normalized spacial score (nSPS) is 20.8. The van der Waals surface area contributed by atoms with Crippen LogP contribution in [0.4, 0.5) is 5.69 Å². The predicted octanol–water partition coefficient (Wildman–Crippen LogP) is 1.71. The molecule has 1 aromatic carbocycles. The summed E-state index contributed by atoms with van der Waals surface area (Å²) in [4.78, 5) is 0. The molecule has 2 N–H and O–H groups in total. The highest BCUT2D eigenvalue weighted by atomic mass is 32.2. The molecule has 0 amide bonds. The maximum absolute atomic E-state index is 12.1. The second-order valence-electron chi connectivity index (χ2n) is 4.46. The molecule has 2 rings (SSSR count). The van der Waals surface area contributed by atoms with E-state index in [1.807, 2.05) is 12.1 Å². The van der Waals surface area contributed by atoms with Crippen molar-refractivity contribution in [1.29, 1.82) is 0 Å². The second-order valence-corrected chi connectivity index (χ2v) is 5.96. The molecule has 5 heteroatoms. The number of anilines is 1. The van der Waals surface area contributed by atoms with E-state index in [0.29, 0.717) is 17.2 Å². The van der Waals surface area contributed by atoms with E-state index in [0.717, 1.165) is 30.8 Å².